The van der Waals surface area contributed by atoms with Gasteiger partial charge in [0.2, 0.25) is 11.6 Å². The van der Waals surface area contributed by atoms with Gasteiger partial charge in [-0.3, -0.25) is 4.79 Å². The number of primary amides is 1. The number of methoxy groups -OCH3 is 2. The highest BCUT2D eigenvalue weighted by Crippen LogP contribution is 2.43. The molecular weight excluding hydrogens is 490 g/mol. The summed E-state index contributed by atoms with van der Waals surface area (Å²) < 4.78 is 22.2. The number of hydrogen-bond acceptors (Lipinski definition) is 8. The molecule has 0 saturated carbocycles. The lowest BCUT2D eigenvalue weighted by Gasteiger charge is -2.54. The van der Waals surface area contributed by atoms with Crippen molar-refractivity contribution in [3.8, 4) is 11.5 Å². The minimum Gasteiger partial charge on any atom is -0.497 e. The second-order valence-electron chi connectivity index (χ2n) is 10.0. The summed E-state index contributed by atoms with van der Waals surface area (Å²) in [6.45, 7) is 1.79. The molecule has 10 nitrogen and oxygen atoms in total. The summed E-state index contributed by atoms with van der Waals surface area (Å²) in [7, 11) is 3.03. The predicted octanol–water partition coefficient (Wildman–Crippen LogP) is 2.31. The van der Waals surface area contributed by atoms with Gasteiger partial charge in [-0.2, -0.15) is 0 Å². The van der Waals surface area contributed by atoms with Crippen LogP contribution < -0.4 is 15.2 Å². The molecule has 0 aliphatic carbocycles. The first-order valence-electron chi connectivity index (χ1n) is 12.6. The molecule has 3 saturated heterocycles. The van der Waals surface area contributed by atoms with Crippen molar-refractivity contribution in [2.24, 2.45) is 11.7 Å². The molecular formula is C28H32N3O7+. The summed E-state index contributed by atoms with van der Waals surface area (Å²) in [5, 5.41) is 16.1. The van der Waals surface area contributed by atoms with Crippen molar-refractivity contribution in [2.75, 3.05) is 33.9 Å². The molecule has 3 N–H and O–H groups in total. The Bertz CT molecular complexity index is 1250. The van der Waals surface area contributed by atoms with Crippen molar-refractivity contribution >= 4 is 11.9 Å². The highest BCUT2D eigenvalue weighted by Gasteiger charge is 2.55. The van der Waals surface area contributed by atoms with E-state index < -0.39 is 29.6 Å². The average molecular weight is 523 g/mol. The summed E-state index contributed by atoms with van der Waals surface area (Å²) in [6.07, 6.45) is 2.38. The average Bonchev–Trinajstić information content (AvgIpc) is 3.46. The molecule has 6 rings (SSSR count). The van der Waals surface area contributed by atoms with Crippen LogP contribution in [0, 0.1) is 5.92 Å². The molecule has 200 valence electrons. The number of benzene rings is 2. The number of quaternary nitrogens is 1. The number of nitrogens with zero attached hydrogens (tertiary/aromatic N) is 2. The van der Waals surface area contributed by atoms with Crippen molar-refractivity contribution in [3.63, 3.8) is 0 Å². The number of carbonyl (C=O) groups excluding carboxylic acids is 2. The number of aliphatic hydroxyl groups is 1. The van der Waals surface area contributed by atoms with Gasteiger partial charge in [-0.1, -0.05) is 29.4 Å². The van der Waals surface area contributed by atoms with Gasteiger partial charge in [0.05, 0.1) is 27.3 Å². The largest absolute Gasteiger partial charge is 0.497 e. The molecule has 2 aromatic carbocycles. The minimum atomic E-state index is -2.13. The van der Waals surface area contributed by atoms with Crippen molar-refractivity contribution in [3.05, 3.63) is 77.7 Å². The van der Waals surface area contributed by atoms with Crippen LogP contribution >= 0.6 is 0 Å². The Morgan fingerprint density at radius 1 is 1.05 bits per heavy atom. The molecule has 3 aliphatic heterocycles. The summed E-state index contributed by atoms with van der Waals surface area (Å²) >= 11 is 0. The van der Waals surface area contributed by atoms with Gasteiger partial charge in [-0.05, 0) is 24.3 Å². The smallest absolute Gasteiger partial charge is 0.348 e. The second-order valence-corrected chi connectivity index (χ2v) is 10.0. The van der Waals surface area contributed by atoms with Gasteiger partial charge in [0, 0.05) is 36.0 Å². The fraction of sp³-hybridized carbons (Fsp3) is 0.393. The van der Waals surface area contributed by atoms with Crippen molar-refractivity contribution in [1.82, 2.24) is 5.16 Å². The summed E-state index contributed by atoms with van der Waals surface area (Å²) in [4.78, 5) is 26.6. The standard InChI is InChI=1S/C28H31N3O7/c1-35-21-7-3-5-19(15-21)28(34,20-6-4-8-22(16-20)36-2)27(33)38-24-17-31(12-9-18(24)10-13-31)25(26(29)32)23-11-14-37-30-23/h3-8,11,14-16,18,24-25,34H,9-10,12-13,17H2,1-2H3,(H-,29,32)/p+1/t18?,24-,25?,31?/m0/s1. The number of ether oxygens (including phenoxy) is 3. The Morgan fingerprint density at radius 2 is 1.66 bits per heavy atom. The number of hydrogen-bond donors (Lipinski definition) is 2. The number of nitrogens with two attached hydrogens (primary N) is 1. The summed E-state index contributed by atoms with van der Waals surface area (Å²) in [5.41, 5.74) is 4.79. The topological polar surface area (TPSA) is 134 Å². The number of amides is 1. The fourth-order valence-electron chi connectivity index (χ4n) is 6.04. The molecule has 1 unspecified atom stereocenters. The van der Waals surface area contributed by atoms with E-state index in [1.165, 1.54) is 20.5 Å². The highest BCUT2D eigenvalue weighted by molar-refractivity contribution is 5.86. The number of aromatic nitrogens is 1. The quantitative estimate of drug-likeness (QED) is 0.323. The number of carbonyl (C=O) groups is 2. The van der Waals surface area contributed by atoms with Crippen LogP contribution in [0.3, 0.4) is 0 Å². The van der Waals surface area contributed by atoms with Crippen LogP contribution in [0.5, 0.6) is 11.5 Å². The van der Waals surface area contributed by atoms with E-state index in [1.54, 1.807) is 54.6 Å². The van der Waals surface area contributed by atoms with Crippen LogP contribution in [-0.4, -0.2) is 66.6 Å². The van der Waals surface area contributed by atoms with E-state index >= 15 is 0 Å². The molecule has 4 heterocycles. The predicted molar refractivity (Wildman–Crippen MR) is 135 cm³/mol. The van der Waals surface area contributed by atoms with E-state index in [-0.39, 0.29) is 5.92 Å². The third kappa shape index (κ3) is 4.39. The van der Waals surface area contributed by atoms with Crippen molar-refractivity contribution < 1.29 is 37.9 Å². The van der Waals surface area contributed by atoms with Crippen LogP contribution in [-0.2, 0) is 19.9 Å². The molecule has 2 atom stereocenters. The molecule has 10 heteroatoms. The van der Waals surface area contributed by atoms with Gasteiger partial charge in [-0.25, -0.2) is 4.79 Å². The minimum absolute atomic E-state index is 0.102. The zero-order chi connectivity index (χ0) is 26.9. The molecule has 0 spiro atoms. The maximum absolute atomic E-state index is 14.0. The zero-order valence-electron chi connectivity index (χ0n) is 21.4. The third-order valence-electron chi connectivity index (χ3n) is 8.04. The van der Waals surface area contributed by atoms with E-state index in [9.17, 15) is 14.7 Å². The maximum Gasteiger partial charge on any atom is 0.348 e. The first-order valence-corrected chi connectivity index (χ1v) is 12.6. The Morgan fingerprint density at radius 3 is 2.16 bits per heavy atom. The number of fused-ring (bicyclic) bond motifs is 3. The van der Waals surface area contributed by atoms with Gasteiger partial charge in [-0.15, -0.1) is 0 Å². The van der Waals surface area contributed by atoms with Gasteiger partial charge in [0.15, 0.2) is 11.8 Å². The van der Waals surface area contributed by atoms with Gasteiger partial charge < -0.3 is 34.1 Å². The van der Waals surface area contributed by atoms with Gasteiger partial charge in [0.25, 0.3) is 5.91 Å². The number of esters is 1. The van der Waals surface area contributed by atoms with Gasteiger partial charge >= 0.3 is 5.97 Å². The molecule has 1 amide bonds. The van der Waals surface area contributed by atoms with E-state index in [1.807, 2.05) is 0 Å². The van der Waals surface area contributed by atoms with Crippen LogP contribution in [0.25, 0.3) is 0 Å². The number of rotatable bonds is 9. The summed E-state index contributed by atoms with van der Waals surface area (Å²) in [6, 6.07) is 14.3. The van der Waals surface area contributed by atoms with Crippen molar-refractivity contribution in [2.45, 2.75) is 30.6 Å². The second kappa shape index (κ2) is 10.1. The van der Waals surface area contributed by atoms with E-state index in [0.717, 1.165) is 12.8 Å². The Kier molecular flexibility index (Phi) is 6.85. The molecule has 38 heavy (non-hydrogen) atoms. The first-order chi connectivity index (χ1) is 18.3. The molecule has 0 radical (unpaired) electrons. The lowest BCUT2D eigenvalue weighted by molar-refractivity contribution is -0.965. The SMILES string of the molecule is COc1cccc(C(O)(C(=O)O[C@H]2C[N+]3(C(C(N)=O)c4ccon4)CCC2CC3)c2cccc(OC)c2)c1. The lowest BCUT2D eigenvalue weighted by Crippen LogP contribution is -2.67. The normalized spacial score (nSPS) is 23.4. The van der Waals surface area contributed by atoms with E-state index in [2.05, 4.69) is 5.16 Å². The van der Waals surface area contributed by atoms with Crippen molar-refractivity contribution in [1.29, 1.82) is 0 Å². The van der Waals surface area contributed by atoms with Crippen LogP contribution in [0.15, 0.2) is 65.4 Å². The molecule has 2 bridgehead atoms. The van der Waals surface area contributed by atoms with Gasteiger partial charge in [0.1, 0.15) is 24.3 Å². The molecule has 3 aromatic rings. The first kappa shape index (κ1) is 25.7. The Labute approximate surface area is 220 Å². The maximum atomic E-state index is 14.0. The number of piperidine rings is 3. The van der Waals surface area contributed by atoms with E-state index in [4.69, 9.17) is 24.5 Å². The zero-order valence-corrected chi connectivity index (χ0v) is 21.4. The Hall–Kier alpha value is -3.89. The molecule has 3 aliphatic rings. The lowest BCUT2D eigenvalue weighted by atomic mass is 9.80. The Balaban J connectivity index is 1.49. The van der Waals surface area contributed by atoms with Crippen LogP contribution in [0.1, 0.15) is 35.7 Å². The van der Waals surface area contributed by atoms with Crippen LogP contribution in [0.4, 0.5) is 0 Å². The monoisotopic (exact) mass is 522 g/mol. The highest BCUT2D eigenvalue weighted by atomic mass is 16.6. The fourth-order valence-corrected chi connectivity index (χ4v) is 6.04. The third-order valence-corrected chi connectivity index (χ3v) is 8.04. The summed E-state index contributed by atoms with van der Waals surface area (Å²) in [5.74, 6) is -0.243. The van der Waals surface area contributed by atoms with Crippen LogP contribution in [0.2, 0.25) is 0 Å². The molecule has 1 aromatic heterocycles. The van der Waals surface area contributed by atoms with E-state index in [0.29, 0.717) is 52.4 Å². The molecule has 3 fully saturated rings.